The van der Waals surface area contributed by atoms with Crippen molar-refractivity contribution in [3.8, 4) is 0 Å². The highest BCUT2D eigenvalue weighted by Crippen LogP contribution is 2.26. The molecule has 0 aliphatic rings. The Morgan fingerprint density at radius 3 is 1.93 bits per heavy atom. The van der Waals surface area contributed by atoms with Crippen LogP contribution in [0.5, 0.6) is 0 Å². The van der Waals surface area contributed by atoms with E-state index in [1.54, 1.807) is 0 Å². The van der Waals surface area contributed by atoms with Crippen LogP contribution >= 0.6 is 0 Å². The molecule has 0 saturated carbocycles. The molecule has 0 aliphatic heterocycles. The molecular weight excluding hydrogens is 195 g/mol. The van der Waals surface area contributed by atoms with E-state index in [9.17, 15) is 17.6 Å². The van der Waals surface area contributed by atoms with Crippen LogP contribution in [0.3, 0.4) is 0 Å². The Morgan fingerprint density at radius 2 is 1.50 bits per heavy atom. The molecule has 0 aliphatic carbocycles. The van der Waals surface area contributed by atoms with Gasteiger partial charge in [0.25, 0.3) is 0 Å². The monoisotopic (exact) mass is 202 g/mol. The van der Waals surface area contributed by atoms with E-state index in [0.29, 0.717) is 6.07 Å². The maximum absolute atomic E-state index is 13.1. The van der Waals surface area contributed by atoms with Crippen molar-refractivity contribution in [2.24, 2.45) is 0 Å². The third-order valence-electron chi connectivity index (χ3n) is 1.80. The molecule has 0 heterocycles. The molecule has 1 aromatic rings. The first-order chi connectivity index (χ1) is 6.25. The Labute approximate surface area is 80.3 Å². The van der Waals surface area contributed by atoms with Gasteiger partial charge in [-0.25, -0.2) is 17.6 Å². The van der Waals surface area contributed by atoms with E-state index in [4.69, 9.17) is 7.85 Å². The highest BCUT2D eigenvalue weighted by Gasteiger charge is 2.25. The minimum atomic E-state index is -1.83. The smallest absolute Gasteiger partial charge is 0.197 e. The lowest BCUT2D eigenvalue weighted by molar-refractivity contribution is 0.399. The van der Waals surface area contributed by atoms with E-state index in [-0.39, 0.29) is 0 Å². The molecule has 0 saturated heterocycles. The van der Waals surface area contributed by atoms with Gasteiger partial charge in [-0.2, -0.15) is 0 Å². The highest BCUT2D eigenvalue weighted by atomic mass is 19.2. The maximum atomic E-state index is 13.1. The zero-order chi connectivity index (χ0) is 11.1. The van der Waals surface area contributed by atoms with E-state index in [0.717, 1.165) is 0 Å². The molecule has 0 aromatic heterocycles. The van der Waals surface area contributed by atoms with Crippen LogP contribution in [0.1, 0.15) is 19.4 Å². The number of rotatable bonds is 1. The zero-order valence-electron chi connectivity index (χ0n) is 7.67. The average molecular weight is 202 g/mol. The number of hydrogen-bond acceptors (Lipinski definition) is 0. The molecule has 1 aromatic carbocycles. The summed E-state index contributed by atoms with van der Waals surface area (Å²) in [5.41, 5.74) is -0.395. The van der Waals surface area contributed by atoms with Crippen LogP contribution in [0.15, 0.2) is 6.07 Å². The molecule has 74 valence electrons. The summed E-state index contributed by atoms with van der Waals surface area (Å²) in [7, 11) is 5.45. The van der Waals surface area contributed by atoms with E-state index in [2.05, 4.69) is 0 Å². The van der Waals surface area contributed by atoms with Crippen LogP contribution in [0.25, 0.3) is 0 Å². The molecule has 5 heteroatoms. The van der Waals surface area contributed by atoms with Gasteiger partial charge in [-0.1, -0.05) is 13.8 Å². The fraction of sp³-hybridized carbons (Fsp3) is 0.333. The highest BCUT2D eigenvalue weighted by molar-refractivity contribution is 6.15. The summed E-state index contributed by atoms with van der Waals surface area (Å²) in [5, 5.41) is -1.26. The van der Waals surface area contributed by atoms with Crippen molar-refractivity contribution in [3.63, 3.8) is 0 Å². The van der Waals surface area contributed by atoms with Gasteiger partial charge in [0.1, 0.15) is 0 Å². The maximum Gasteiger partial charge on any atom is 0.197 e. The predicted molar refractivity (Wildman–Crippen MR) is 45.1 cm³/mol. The summed E-state index contributed by atoms with van der Waals surface area (Å²) >= 11 is 0. The fourth-order valence-electron chi connectivity index (χ4n) is 1.04. The fourth-order valence-corrected chi connectivity index (χ4v) is 1.04. The van der Waals surface area contributed by atoms with E-state index < -0.39 is 34.1 Å². The Morgan fingerprint density at radius 1 is 1.00 bits per heavy atom. The molecule has 0 nitrogen and oxygen atoms in total. The quantitative estimate of drug-likeness (QED) is 0.284. The topological polar surface area (TPSA) is 0 Å². The van der Waals surface area contributed by atoms with E-state index in [1.165, 1.54) is 13.8 Å². The Kier molecular flexibility index (Phi) is 2.61. The average Bonchev–Trinajstić information content (AvgIpc) is 2.06. The van der Waals surface area contributed by atoms with Gasteiger partial charge in [-0.3, -0.25) is 0 Å². The first-order valence-corrected chi connectivity index (χ1v) is 3.87. The third kappa shape index (κ3) is 1.76. The first-order valence-electron chi connectivity index (χ1n) is 3.87. The van der Waals surface area contributed by atoms with E-state index >= 15 is 0 Å². The van der Waals surface area contributed by atoms with Gasteiger partial charge in [0.05, 0.1) is 7.85 Å². The lowest BCUT2D eigenvalue weighted by Gasteiger charge is -2.20. The second-order valence-electron chi connectivity index (χ2n) is 3.57. The van der Waals surface area contributed by atoms with Crippen molar-refractivity contribution in [2.75, 3.05) is 0 Å². The first kappa shape index (κ1) is 11.1. The van der Waals surface area contributed by atoms with Gasteiger partial charge in [0.15, 0.2) is 23.3 Å². The van der Waals surface area contributed by atoms with Gasteiger partial charge < -0.3 is 0 Å². The normalized spacial score (nSPS) is 11.9. The molecule has 1 rings (SSSR count). The number of benzene rings is 1. The Balaban J connectivity index is 3.49. The van der Waals surface area contributed by atoms with Crippen LogP contribution < -0.4 is 0 Å². The predicted octanol–water partition coefficient (Wildman–Crippen LogP) is 2.65. The summed E-state index contributed by atoms with van der Waals surface area (Å²) in [6.45, 7) is 2.73. The third-order valence-corrected chi connectivity index (χ3v) is 1.80. The van der Waals surface area contributed by atoms with Crippen molar-refractivity contribution < 1.29 is 17.6 Å². The SMILES string of the molecule is [B]C(C)(C)c1cc(F)c(F)c(F)c1F. The Bertz CT molecular complexity index is 368. The summed E-state index contributed by atoms with van der Waals surface area (Å²) in [4.78, 5) is 0. The van der Waals surface area contributed by atoms with Gasteiger partial charge in [0.2, 0.25) is 0 Å². The largest absolute Gasteiger partial charge is 0.204 e. The van der Waals surface area contributed by atoms with E-state index in [1.807, 2.05) is 0 Å². The van der Waals surface area contributed by atoms with Crippen molar-refractivity contribution in [3.05, 3.63) is 34.9 Å². The standard InChI is InChI=1S/C9H7BF4/c1-9(2,10)4-3-5(11)7(13)8(14)6(4)12/h3H,1-2H3. The molecule has 0 amide bonds. The van der Waals surface area contributed by atoms with Crippen molar-refractivity contribution >= 4 is 7.85 Å². The van der Waals surface area contributed by atoms with Crippen LogP contribution in [-0.4, -0.2) is 7.85 Å². The number of halogens is 4. The lowest BCUT2D eigenvalue weighted by Crippen LogP contribution is -2.20. The van der Waals surface area contributed by atoms with Gasteiger partial charge in [-0.05, 0) is 16.9 Å². The van der Waals surface area contributed by atoms with Crippen molar-refractivity contribution in [1.82, 2.24) is 0 Å². The van der Waals surface area contributed by atoms with Gasteiger partial charge in [-0.15, -0.1) is 0 Å². The summed E-state index contributed by atoms with van der Waals surface area (Å²) < 4.78 is 51.1. The summed E-state index contributed by atoms with van der Waals surface area (Å²) in [6, 6.07) is 0.563. The van der Waals surface area contributed by atoms with Crippen LogP contribution in [0.2, 0.25) is 0 Å². The minimum Gasteiger partial charge on any atom is -0.204 e. The summed E-state index contributed by atoms with van der Waals surface area (Å²) in [5.74, 6) is -6.55. The Hall–Kier alpha value is -0.995. The minimum absolute atomic E-state index is 0.395. The molecule has 0 N–H and O–H groups in total. The molecule has 2 radical (unpaired) electrons. The van der Waals surface area contributed by atoms with Crippen molar-refractivity contribution in [1.29, 1.82) is 0 Å². The van der Waals surface area contributed by atoms with Crippen LogP contribution in [0.4, 0.5) is 17.6 Å². The molecule has 0 spiro atoms. The molecular formula is C9H7BF4. The molecule has 14 heavy (non-hydrogen) atoms. The lowest BCUT2D eigenvalue weighted by atomic mass is 9.67. The molecule has 0 fully saturated rings. The number of hydrogen-bond donors (Lipinski definition) is 0. The zero-order valence-corrected chi connectivity index (χ0v) is 7.67. The van der Waals surface area contributed by atoms with Crippen LogP contribution in [-0.2, 0) is 5.31 Å². The summed E-state index contributed by atoms with van der Waals surface area (Å²) in [6.07, 6.45) is 0. The van der Waals surface area contributed by atoms with Gasteiger partial charge >= 0.3 is 0 Å². The van der Waals surface area contributed by atoms with Gasteiger partial charge in [0, 0.05) is 0 Å². The van der Waals surface area contributed by atoms with Crippen molar-refractivity contribution in [2.45, 2.75) is 19.2 Å². The molecule has 0 bridgehead atoms. The molecule has 0 unspecified atom stereocenters. The second kappa shape index (κ2) is 3.30. The second-order valence-corrected chi connectivity index (χ2v) is 3.57. The van der Waals surface area contributed by atoms with Crippen LogP contribution in [0, 0.1) is 23.3 Å². The molecule has 0 atom stereocenters.